The lowest BCUT2D eigenvalue weighted by atomic mass is 10.2. The van der Waals surface area contributed by atoms with E-state index in [9.17, 15) is 4.39 Å². The summed E-state index contributed by atoms with van der Waals surface area (Å²) in [6.45, 7) is 8.49. The third kappa shape index (κ3) is 5.44. The van der Waals surface area contributed by atoms with Gasteiger partial charge in [-0.1, -0.05) is 48.5 Å². The van der Waals surface area contributed by atoms with Crippen LogP contribution in [0.5, 0.6) is 0 Å². The lowest BCUT2D eigenvalue weighted by Crippen LogP contribution is -2.37. The maximum Gasteiger partial charge on any atom is 0.191 e. The summed E-state index contributed by atoms with van der Waals surface area (Å²) in [6.07, 6.45) is 0. The molecule has 0 atom stereocenters. The van der Waals surface area contributed by atoms with Gasteiger partial charge in [0.15, 0.2) is 5.96 Å². The first-order chi connectivity index (χ1) is 14.1. The summed E-state index contributed by atoms with van der Waals surface area (Å²) in [7, 11) is 0. The molecule has 2 aromatic carbocycles. The molecule has 0 aliphatic carbocycles. The van der Waals surface area contributed by atoms with E-state index in [1.807, 2.05) is 42.8 Å². The Labute approximate surface area is 171 Å². The first-order valence-corrected chi connectivity index (χ1v) is 9.91. The SMILES string of the molecule is CCNC(=NCc1ccccc1F)NCc1c(C)nn(Cc2ccccc2)c1C. The second kappa shape index (κ2) is 9.87. The van der Waals surface area contributed by atoms with Crippen LogP contribution in [0.3, 0.4) is 0 Å². The van der Waals surface area contributed by atoms with Crippen molar-refractivity contribution in [2.45, 2.75) is 40.4 Å². The zero-order valence-corrected chi connectivity index (χ0v) is 17.2. The number of aliphatic imine (C=N–C) groups is 1. The number of halogens is 1. The van der Waals surface area contributed by atoms with Crippen molar-refractivity contribution in [1.82, 2.24) is 20.4 Å². The van der Waals surface area contributed by atoms with Gasteiger partial charge in [0.1, 0.15) is 5.82 Å². The monoisotopic (exact) mass is 393 g/mol. The average molecular weight is 394 g/mol. The van der Waals surface area contributed by atoms with Gasteiger partial charge in [0, 0.05) is 29.9 Å². The van der Waals surface area contributed by atoms with Crippen LogP contribution in [0.4, 0.5) is 4.39 Å². The topological polar surface area (TPSA) is 54.2 Å². The molecule has 0 amide bonds. The highest BCUT2D eigenvalue weighted by Gasteiger charge is 2.12. The second-order valence-electron chi connectivity index (χ2n) is 6.93. The number of aromatic nitrogens is 2. The maximum absolute atomic E-state index is 13.8. The molecule has 3 rings (SSSR count). The first kappa shape index (κ1) is 20.6. The van der Waals surface area contributed by atoms with Gasteiger partial charge in [0.2, 0.25) is 0 Å². The van der Waals surface area contributed by atoms with Crippen LogP contribution >= 0.6 is 0 Å². The smallest absolute Gasteiger partial charge is 0.191 e. The van der Waals surface area contributed by atoms with E-state index in [1.54, 1.807) is 12.1 Å². The summed E-state index contributed by atoms with van der Waals surface area (Å²) in [6, 6.07) is 17.0. The Balaban J connectivity index is 1.69. The summed E-state index contributed by atoms with van der Waals surface area (Å²) in [5.41, 5.74) is 5.07. The normalized spacial score (nSPS) is 11.5. The molecule has 0 aliphatic rings. The van der Waals surface area contributed by atoms with E-state index in [-0.39, 0.29) is 12.4 Å². The number of hydrogen-bond donors (Lipinski definition) is 2. The molecule has 0 saturated carbocycles. The Morgan fingerprint density at radius 1 is 1.03 bits per heavy atom. The van der Waals surface area contributed by atoms with Gasteiger partial charge in [-0.15, -0.1) is 0 Å². The van der Waals surface area contributed by atoms with Crippen molar-refractivity contribution in [3.05, 3.63) is 88.5 Å². The number of benzene rings is 2. The molecule has 0 bridgehead atoms. The summed E-state index contributed by atoms with van der Waals surface area (Å²) < 4.78 is 15.9. The van der Waals surface area contributed by atoms with E-state index in [4.69, 9.17) is 5.10 Å². The molecule has 0 aliphatic heterocycles. The predicted molar refractivity (Wildman–Crippen MR) is 115 cm³/mol. The first-order valence-electron chi connectivity index (χ1n) is 9.91. The number of nitrogens with one attached hydrogen (secondary N) is 2. The van der Waals surface area contributed by atoms with Crippen LogP contribution in [0, 0.1) is 19.7 Å². The zero-order valence-electron chi connectivity index (χ0n) is 17.2. The molecular formula is C23H28FN5. The molecule has 152 valence electrons. The zero-order chi connectivity index (χ0) is 20.6. The molecule has 3 aromatic rings. The van der Waals surface area contributed by atoms with Crippen LogP contribution in [0.1, 0.15) is 35.0 Å². The van der Waals surface area contributed by atoms with Gasteiger partial charge in [-0.05, 0) is 32.4 Å². The Bertz CT molecular complexity index is 963. The largest absolute Gasteiger partial charge is 0.357 e. The fourth-order valence-electron chi connectivity index (χ4n) is 3.20. The number of rotatable bonds is 7. The standard InChI is InChI=1S/C23H28FN5/c1-4-25-23(26-14-20-12-8-9-13-22(20)24)27-15-21-17(2)28-29(18(21)3)16-19-10-6-5-7-11-19/h5-13H,4,14-16H2,1-3H3,(H2,25,26,27). The molecular weight excluding hydrogens is 365 g/mol. The average Bonchev–Trinajstić information content (AvgIpc) is 2.98. The van der Waals surface area contributed by atoms with Crippen LogP contribution in [-0.4, -0.2) is 22.3 Å². The predicted octanol–water partition coefficient (Wildman–Crippen LogP) is 3.94. The molecule has 6 heteroatoms. The quantitative estimate of drug-likeness (QED) is 0.472. The molecule has 0 spiro atoms. The van der Waals surface area contributed by atoms with Crippen molar-refractivity contribution in [3.8, 4) is 0 Å². The Hall–Kier alpha value is -3.15. The summed E-state index contributed by atoms with van der Waals surface area (Å²) >= 11 is 0. The molecule has 2 N–H and O–H groups in total. The van der Waals surface area contributed by atoms with Crippen LogP contribution in [0.15, 0.2) is 59.6 Å². The van der Waals surface area contributed by atoms with E-state index >= 15 is 0 Å². The fraction of sp³-hybridized carbons (Fsp3) is 0.304. The Kier molecular flexibility index (Phi) is 7.00. The van der Waals surface area contributed by atoms with Gasteiger partial charge < -0.3 is 10.6 Å². The van der Waals surface area contributed by atoms with Crippen molar-refractivity contribution < 1.29 is 4.39 Å². The third-order valence-corrected chi connectivity index (χ3v) is 4.85. The van der Waals surface area contributed by atoms with E-state index in [1.165, 1.54) is 11.6 Å². The van der Waals surface area contributed by atoms with E-state index in [0.29, 0.717) is 18.1 Å². The minimum absolute atomic E-state index is 0.235. The van der Waals surface area contributed by atoms with Gasteiger partial charge in [0.05, 0.1) is 18.8 Å². The molecule has 1 heterocycles. The lowest BCUT2D eigenvalue weighted by Gasteiger charge is -2.12. The maximum atomic E-state index is 13.8. The van der Waals surface area contributed by atoms with Crippen LogP contribution in [0.2, 0.25) is 0 Å². The molecule has 0 fully saturated rings. The number of nitrogens with zero attached hydrogens (tertiary/aromatic N) is 3. The van der Waals surface area contributed by atoms with E-state index in [0.717, 1.165) is 30.0 Å². The van der Waals surface area contributed by atoms with Crippen LogP contribution < -0.4 is 10.6 Å². The van der Waals surface area contributed by atoms with Gasteiger partial charge >= 0.3 is 0 Å². The van der Waals surface area contributed by atoms with Gasteiger partial charge in [-0.2, -0.15) is 5.10 Å². The summed E-state index contributed by atoms with van der Waals surface area (Å²) in [4.78, 5) is 4.52. The molecule has 29 heavy (non-hydrogen) atoms. The van der Waals surface area contributed by atoms with Crippen molar-refractivity contribution >= 4 is 5.96 Å². The van der Waals surface area contributed by atoms with Crippen LogP contribution in [0.25, 0.3) is 0 Å². The molecule has 1 aromatic heterocycles. The number of aryl methyl sites for hydroxylation is 1. The van der Waals surface area contributed by atoms with Crippen LogP contribution in [-0.2, 0) is 19.6 Å². The number of hydrogen-bond acceptors (Lipinski definition) is 2. The minimum atomic E-state index is -0.235. The van der Waals surface area contributed by atoms with Crippen molar-refractivity contribution in [2.24, 2.45) is 4.99 Å². The number of guanidine groups is 1. The van der Waals surface area contributed by atoms with Gasteiger partial charge in [-0.25, -0.2) is 9.38 Å². The molecule has 0 saturated heterocycles. The minimum Gasteiger partial charge on any atom is -0.357 e. The van der Waals surface area contributed by atoms with Gasteiger partial charge in [0.25, 0.3) is 0 Å². The molecule has 0 unspecified atom stereocenters. The molecule has 5 nitrogen and oxygen atoms in total. The molecule has 0 radical (unpaired) electrons. The highest BCUT2D eigenvalue weighted by atomic mass is 19.1. The van der Waals surface area contributed by atoms with Crippen molar-refractivity contribution in [2.75, 3.05) is 6.54 Å². The summed E-state index contributed by atoms with van der Waals surface area (Å²) in [5.74, 6) is 0.423. The van der Waals surface area contributed by atoms with Crippen molar-refractivity contribution in [3.63, 3.8) is 0 Å². The highest BCUT2D eigenvalue weighted by molar-refractivity contribution is 5.79. The third-order valence-electron chi connectivity index (χ3n) is 4.85. The van der Waals surface area contributed by atoms with E-state index in [2.05, 4.69) is 34.7 Å². The second-order valence-corrected chi connectivity index (χ2v) is 6.93. The van der Waals surface area contributed by atoms with Gasteiger partial charge in [-0.3, -0.25) is 4.68 Å². The Morgan fingerprint density at radius 3 is 2.48 bits per heavy atom. The lowest BCUT2D eigenvalue weighted by molar-refractivity contribution is 0.610. The van der Waals surface area contributed by atoms with Crippen molar-refractivity contribution in [1.29, 1.82) is 0 Å². The summed E-state index contributed by atoms with van der Waals surface area (Å²) in [5, 5.41) is 11.3. The fourth-order valence-corrected chi connectivity index (χ4v) is 3.20. The van der Waals surface area contributed by atoms with E-state index < -0.39 is 0 Å². The Morgan fingerprint density at radius 2 is 1.76 bits per heavy atom. The highest BCUT2D eigenvalue weighted by Crippen LogP contribution is 2.15.